The summed E-state index contributed by atoms with van der Waals surface area (Å²) in [7, 11) is 1.63. The fourth-order valence-corrected chi connectivity index (χ4v) is 1.80. The molecule has 1 heterocycles. The molecule has 1 aliphatic rings. The van der Waals surface area contributed by atoms with Gasteiger partial charge in [-0.2, -0.15) is 0 Å². The van der Waals surface area contributed by atoms with Crippen LogP contribution in [0.25, 0.3) is 0 Å². The number of benzene rings is 1. The first-order chi connectivity index (χ1) is 8.50. The molecule has 1 aliphatic heterocycles. The van der Waals surface area contributed by atoms with Crippen LogP contribution in [-0.4, -0.2) is 30.6 Å². The zero-order valence-electron chi connectivity index (χ0n) is 9.92. The Labute approximate surface area is 104 Å². The Kier molecular flexibility index (Phi) is 3.20. The molecule has 0 fully saturated rings. The molecule has 18 heavy (non-hydrogen) atoms. The minimum Gasteiger partial charge on any atom is -0.491 e. The molecule has 96 valence electrons. The molecule has 0 aliphatic carbocycles. The third-order valence-electron chi connectivity index (χ3n) is 2.92. The molecule has 1 aromatic carbocycles. The molecular formula is C12H14N2O4. The number of carbonyl (C=O) groups is 2. The van der Waals surface area contributed by atoms with E-state index in [4.69, 9.17) is 15.6 Å². The van der Waals surface area contributed by atoms with Crippen molar-refractivity contribution in [3.63, 3.8) is 0 Å². The second kappa shape index (κ2) is 4.66. The Balaban J connectivity index is 2.44. The number of nitrogens with zero attached hydrogens (tertiary/aromatic N) is 1. The molecule has 0 aromatic heterocycles. The molecule has 6 heteroatoms. The van der Waals surface area contributed by atoms with Crippen molar-refractivity contribution in [2.24, 2.45) is 5.73 Å². The Morgan fingerprint density at radius 1 is 1.56 bits per heavy atom. The van der Waals surface area contributed by atoms with Crippen molar-refractivity contribution >= 4 is 17.6 Å². The van der Waals surface area contributed by atoms with Gasteiger partial charge in [0.15, 0.2) is 0 Å². The first-order valence-corrected chi connectivity index (χ1v) is 5.52. The number of fused-ring (bicyclic) bond motifs is 1. The summed E-state index contributed by atoms with van der Waals surface area (Å²) in [6, 6.07) is 3.71. The van der Waals surface area contributed by atoms with Crippen molar-refractivity contribution in [3.8, 4) is 5.75 Å². The van der Waals surface area contributed by atoms with Crippen molar-refractivity contribution in [2.45, 2.75) is 12.5 Å². The lowest BCUT2D eigenvalue weighted by molar-refractivity contribution is -0.138. The van der Waals surface area contributed by atoms with Gasteiger partial charge in [-0.05, 0) is 17.7 Å². The first-order valence-electron chi connectivity index (χ1n) is 5.52. The van der Waals surface area contributed by atoms with E-state index in [1.165, 1.54) is 4.90 Å². The fraction of sp³-hybridized carbons (Fsp3) is 0.333. The van der Waals surface area contributed by atoms with Crippen molar-refractivity contribution in [2.75, 3.05) is 18.6 Å². The summed E-state index contributed by atoms with van der Waals surface area (Å²) < 4.78 is 5.43. The third-order valence-corrected chi connectivity index (χ3v) is 2.92. The normalized spacial score (nSPS) is 16.6. The lowest BCUT2D eigenvalue weighted by Crippen LogP contribution is -2.26. The van der Waals surface area contributed by atoms with Gasteiger partial charge in [0.2, 0.25) is 5.91 Å². The van der Waals surface area contributed by atoms with Gasteiger partial charge in [0, 0.05) is 7.05 Å². The standard InChI is InChI=1S/C12H14N2O4/c1-14-8-6-7(11(13)12(16)17)2-3-9(8)18-5-4-10(14)15/h2-3,6,11H,4-5,13H2,1H3,(H,16,17). The van der Waals surface area contributed by atoms with E-state index in [0.717, 1.165) is 0 Å². The zero-order valence-corrected chi connectivity index (χ0v) is 9.92. The summed E-state index contributed by atoms with van der Waals surface area (Å²) >= 11 is 0. The molecule has 1 unspecified atom stereocenters. The van der Waals surface area contributed by atoms with Crippen LogP contribution in [0.4, 0.5) is 5.69 Å². The largest absolute Gasteiger partial charge is 0.491 e. The minimum absolute atomic E-state index is 0.0743. The van der Waals surface area contributed by atoms with Crippen LogP contribution in [0.1, 0.15) is 18.0 Å². The van der Waals surface area contributed by atoms with Crippen LogP contribution in [0.5, 0.6) is 5.75 Å². The van der Waals surface area contributed by atoms with Gasteiger partial charge >= 0.3 is 5.97 Å². The van der Waals surface area contributed by atoms with Crippen molar-refractivity contribution in [3.05, 3.63) is 23.8 Å². The van der Waals surface area contributed by atoms with Gasteiger partial charge in [-0.25, -0.2) is 0 Å². The van der Waals surface area contributed by atoms with E-state index < -0.39 is 12.0 Å². The smallest absolute Gasteiger partial charge is 0.325 e. The van der Waals surface area contributed by atoms with Crippen LogP contribution >= 0.6 is 0 Å². The Morgan fingerprint density at radius 3 is 2.94 bits per heavy atom. The predicted octanol–water partition coefficient (Wildman–Crippen LogP) is 0.516. The predicted molar refractivity (Wildman–Crippen MR) is 64.5 cm³/mol. The number of hydrogen-bond acceptors (Lipinski definition) is 4. The molecule has 1 atom stereocenters. The maximum absolute atomic E-state index is 11.7. The number of carboxylic acids is 1. The van der Waals surface area contributed by atoms with Crippen LogP contribution in [0, 0.1) is 0 Å². The summed E-state index contributed by atoms with van der Waals surface area (Å²) in [5.41, 5.74) is 6.53. The Morgan fingerprint density at radius 2 is 2.28 bits per heavy atom. The molecule has 0 saturated heterocycles. The van der Waals surface area contributed by atoms with Gasteiger partial charge < -0.3 is 20.5 Å². The van der Waals surface area contributed by atoms with Crippen LogP contribution in [0.3, 0.4) is 0 Å². The quantitative estimate of drug-likeness (QED) is 0.798. The van der Waals surface area contributed by atoms with E-state index in [2.05, 4.69) is 0 Å². The van der Waals surface area contributed by atoms with Crippen LogP contribution in [-0.2, 0) is 9.59 Å². The average Bonchev–Trinajstić information content (AvgIpc) is 2.49. The highest BCUT2D eigenvalue weighted by Gasteiger charge is 2.22. The Bertz CT molecular complexity index is 501. The summed E-state index contributed by atoms with van der Waals surface area (Å²) in [6.07, 6.45) is 0.297. The zero-order chi connectivity index (χ0) is 13.3. The van der Waals surface area contributed by atoms with Crippen molar-refractivity contribution in [1.82, 2.24) is 0 Å². The summed E-state index contributed by atoms with van der Waals surface area (Å²) in [5.74, 6) is -0.627. The number of rotatable bonds is 2. The fourth-order valence-electron chi connectivity index (χ4n) is 1.80. The number of carboxylic acid groups (broad SMARTS) is 1. The molecule has 1 amide bonds. The van der Waals surface area contributed by atoms with Gasteiger partial charge in [0.25, 0.3) is 0 Å². The molecule has 0 spiro atoms. The maximum atomic E-state index is 11.7. The SMILES string of the molecule is CN1C(=O)CCOc2ccc(C(N)C(=O)O)cc21. The van der Waals surface area contributed by atoms with E-state index in [1.54, 1.807) is 25.2 Å². The van der Waals surface area contributed by atoms with E-state index in [9.17, 15) is 9.59 Å². The van der Waals surface area contributed by atoms with Crippen LogP contribution in [0.2, 0.25) is 0 Å². The number of hydrogen-bond donors (Lipinski definition) is 2. The van der Waals surface area contributed by atoms with Gasteiger partial charge in [-0.1, -0.05) is 6.07 Å². The second-order valence-corrected chi connectivity index (χ2v) is 4.09. The second-order valence-electron chi connectivity index (χ2n) is 4.09. The van der Waals surface area contributed by atoms with E-state index in [-0.39, 0.29) is 5.91 Å². The molecule has 0 bridgehead atoms. The van der Waals surface area contributed by atoms with Gasteiger partial charge in [0.05, 0.1) is 18.7 Å². The van der Waals surface area contributed by atoms with E-state index >= 15 is 0 Å². The van der Waals surface area contributed by atoms with Crippen molar-refractivity contribution < 1.29 is 19.4 Å². The van der Waals surface area contributed by atoms with Crippen molar-refractivity contribution in [1.29, 1.82) is 0 Å². The number of ether oxygens (including phenoxy) is 1. The molecular weight excluding hydrogens is 236 g/mol. The number of aliphatic carboxylic acids is 1. The highest BCUT2D eigenvalue weighted by molar-refractivity contribution is 5.95. The molecule has 2 rings (SSSR count). The first kappa shape index (κ1) is 12.4. The van der Waals surface area contributed by atoms with Gasteiger partial charge in [0.1, 0.15) is 11.8 Å². The number of carbonyl (C=O) groups excluding carboxylic acids is 1. The highest BCUT2D eigenvalue weighted by atomic mass is 16.5. The Hall–Kier alpha value is -2.08. The van der Waals surface area contributed by atoms with Gasteiger partial charge in [-0.15, -0.1) is 0 Å². The molecule has 6 nitrogen and oxygen atoms in total. The highest BCUT2D eigenvalue weighted by Crippen LogP contribution is 2.32. The number of amides is 1. The summed E-state index contributed by atoms with van der Waals surface area (Å²) in [5, 5.41) is 8.88. The lowest BCUT2D eigenvalue weighted by atomic mass is 10.1. The molecule has 1 aromatic rings. The minimum atomic E-state index is -1.11. The molecule has 0 radical (unpaired) electrons. The average molecular weight is 250 g/mol. The summed E-state index contributed by atoms with van der Waals surface area (Å²) in [6.45, 7) is 0.320. The molecule has 3 N–H and O–H groups in total. The summed E-state index contributed by atoms with van der Waals surface area (Å²) in [4.78, 5) is 24.0. The number of nitrogens with two attached hydrogens (primary N) is 1. The van der Waals surface area contributed by atoms with Gasteiger partial charge in [-0.3, -0.25) is 9.59 Å². The molecule has 0 saturated carbocycles. The lowest BCUT2D eigenvalue weighted by Gasteiger charge is -2.18. The van der Waals surface area contributed by atoms with Crippen LogP contribution < -0.4 is 15.4 Å². The van der Waals surface area contributed by atoms with E-state index in [0.29, 0.717) is 30.0 Å². The van der Waals surface area contributed by atoms with E-state index in [1.807, 2.05) is 0 Å². The number of anilines is 1. The van der Waals surface area contributed by atoms with Crippen LogP contribution in [0.15, 0.2) is 18.2 Å². The monoisotopic (exact) mass is 250 g/mol. The topological polar surface area (TPSA) is 92.9 Å². The third kappa shape index (κ3) is 2.14. The maximum Gasteiger partial charge on any atom is 0.325 e.